The van der Waals surface area contributed by atoms with Gasteiger partial charge in [0.15, 0.2) is 0 Å². The standard InChI is InChI=1S/C19H19ClFN3O2/c20-15-11-14(6-7-16(15)21)24-18(25)12-8-9-22-17(10-12)19(26)23-13-4-2-1-3-5-13/h6-11,13H,1-5H2,(H,23,26)(H,24,25). The number of nitrogens with zero attached hydrogens (tertiary/aromatic N) is 1. The number of pyridine rings is 1. The predicted octanol–water partition coefficient (Wildman–Crippen LogP) is 4.19. The number of anilines is 1. The lowest BCUT2D eigenvalue weighted by Gasteiger charge is -2.22. The van der Waals surface area contributed by atoms with Crippen LogP contribution in [0.15, 0.2) is 36.5 Å². The van der Waals surface area contributed by atoms with Gasteiger partial charge in [0.25, 0.3) is 11.8 Å². The number of carbonyl (C=O) groups is 2. The van der Waals surface area contributed by atoms with Gasteiger partial charge in [-0.05, 0) is 43.2 Å². The summed E-state index contributed by atoms with van der Waals surface area (Å²) in [5, 5.41) is 5.52. The van der Waals surface area contributed by atoms with E-state index in [4.69, 9.17) is 11.6 Å². The van der Waals surface area contributed by atoms with E-state index in [1.165, 1.54) is 42.9 Å². The van der Waals surface area contributed by atoms with Gasteiger partial charge in [0, 0.05) is 23.5 Å². The first-order valence-corrected chi connectivity index (χ1v) is 8.94. The zero-order valence-corrected chi connectivity index (χ0v) is 14.9. The first-order valence-electron chi connectivity index (χ1n) is 8.56. The molecule has 0 bridgehead atoms. The van der Waals surface area contributed by atoms with Crippen molar-refractivity contribution < 1.29 is 14.0 Å². The molecule has 0 saturated heterocycles. The molecule has 5 nitrogen and oxygen atoms in total. The van der Waals surface area contributed by atoms with E-state index in [9.17, 15) is 14.0 Å². The van der Waals surface area contributed by atoms with Crippen LogP contribution in [0.5, 0.6) is 0 Å². The second kappa shape index (κ2) is 8.27. The van der Waals surface area contributed by atoms with Gasteiger partial charge in [-0.2, -0.15) is 0 Å². The Balaban J connectivity index is 1.68. The molecular formula is C19H19ClFN3O2. The molecule has 1 aromatic carbocycles. The van der Waals surface area contributed by atoms with E-state index in [-0.39, 0.29) is 28.2 Å². The number of nitrogens with one attached hydrogen (secondary N) is 2. The van der Waals surface area contributed by atoms with E-state index in [0.29, 0.717) is 5.69 Å². The Morgan fingerprint density at radius 1 is 1.08 bits per heavy atom. The van der Waals surface area contributed by atoms with Gasteiger partial charge in [-0.25, -0.2) is 4.39 Å². The third-order valence-electron chi connectivity index (χ3n) is 4.37. The summed E-state index contributed by atoms with van der Waals surface area (Å²) in [6.45, 7) is 0. The molecule has 0 atom stereocenters. The summed E-state index contributed by atoms with van der Waals surface area (Å²) in [5.41, 5.74) is 0.848. The Kier molecular flexibility index (Phi) is 5.83. The van der Waals surface area contributed by atoms with Crippen LogP contribution < -0.4 is 10.6 Å². The first kappa shape index (κ1) is 18.3. The highest BCUT2D eigenvalue weighted by atomic mass is 35.5. The fourth-order valence-electron chi connectivity index (χ4n) is 2.98. The van der Waals surface area contributed by atoms with Crippen molar-refractivity contribution in [2.24, 2.45) is 0 Å². The molecule has 1 heterocycles. The van der Waals surface area contributed by atoms with Crippen molar-refractivity contribution in [1.82, 2.24) is 10.3 Å². The number of amides is 2. The van der Waals surface area contributed by atoms with Gasteiger partial charge in [-0.15, -0.1) is 0 Å². The summed E-state index contributed by atoms with van der Waals surface area (Å²) >= 11 is 5.71. The number of rotatable bonds is 4. The van der Waals surface area contributed by atoms with Crippen LogP contribution in [0.25, 0.3) is 0 Å². The normalized spacial score (nSPS) is 14.7. The van der Waals surface area contributed by atoms with Crippen molar-refractivity contribution in [2.75, 3.05) is 5.32 Å². The molecule has 7 heteroatoms. The summed E-state index contributed by atoms with van der Waals surface area (Å²) in [6.07, 6.45) is 6.78. The van der Waals surface area contributed by atoms with E-state index in [1.54, 1.807) is 0 Å². The molecule has 2 N–H and O–H groups in total. The van der Waals surface area contributed by atoms with Gasteiger partial charge in [0.2, 0.25) is 0 Å². The molecular weight excluding hydrogens is 357 g/mol. The van der Waals surface area contributed by atoms with Crippen LogP contribution in [0.3, 0.4) is 0 Å². The summed E-state index contributed by atoms with van der Waals surface area (Å²) in [6, 6.07) is 7.03. The quantitative estimate of drug-likeness (QED) is 0.841. The van der Waals surface area contributed by atoms with Crippen LogP contribution >= 0.6 is 11.6 Å². The minimum atomic E-state index is -0.560. The molecule has 136 valence electrons. The van der Waals surface area contributed by atoms with Crippen LogP contribution in [-0.2, 0) is 0 Å². The van der Waals surface area contributed by atoms with Gasteiger partial charge < -0.3 is 10.6 Å². The van der Waals surface area contributed by atoms with Crippen molar-refractivity contribution in [3.63, 3.8) is 0 Å². The van der Waals surface area contributed by atoms with E-state index < -0.39 is 11.7 Å². The fraction of sp³-hybridized carbons (Fsp3) is 0.316. The lowest BCUT2D eigenvalue weighted by atomic mass is 9.95. The number of carbonyl (C=O) groups excluding carboxylic acids is 2. The Morgan fingerprint density at radius 3 is 2.58 bits per heavy atom. The zero-order chi connectivity index (χ0) is 18.5. The molecule has 3 rings (SSSR count). The van der Waals surface area contributed by atoms with Gasteiger partial charge >= 0.3 is 0 Å². The van der Waals surface area contributed by atoms with Crippen molar-refractivity contribution in [3.05, 3.63) is 58.6 Å². The Bertz CT molecular complexity index is 822. The number of hydrogen-bond acceptors (Lipinski definition) is 3. The average Bonchev–Trinajstić information content (AvgIpc) is 2.65. The minimum absolute atomic E-state index is 0.0786. The topological polar surface area (TPSA) is 71.1 Å². The van der Waals surface area contributed by atoms with Gasteiger partial charge in [0.05, 0.1) is 5.02 Å². The molecule has 26 heavy (non-hydrogen) atoms. The molecule has 1 aliphatic rings. The molecule has 2 aromatic rings. The molecule has 1 saturated carbocycles. The van der Waals surface area contributed by atoms with Crippen LogP contribution in [0.2, 0.25) is 5.02 Å². The molecule has 0 spiro atoms. The molecule has 0 aliphatic heterocycles. The van der Waals surface area contributed by atoms with Gasteiger partial charge in [-0.3, -0.25) is 14.6 Å². The van der Waals surface area contributed by atoms with E-state index in [1.807, 2.05) is 0 Å². The smallest absolute Gasteiger partial charge is 0.270 e. The van der Waals surface area contributed by atoms with Crippen LogP contribution in [-0.4, -0.2) is 22.8 Å². The molecule has 1 fully saturated rings. The predicted molar refractivity (Wildman–Crippen MR) is 97.9 cm³/mol. The summed E-state index contributed by atoms with van der Waals surface area (Å²) in [7, 11) is 0. The van der Waals surface area contributed by atoms with Crippen molar-refractivity contribution in [1.29, 1.82) is 0 Å². The largest absolute Gasteiger partial charge is 0.348 e. The van der Waals surface area contributed by atoms with Gasteiger partial charge in [0.1, 0.15) is 11.5 Å². The number of halogens is 2. The minimum Gasteiger partial charge on any atom is -0.348 e. The van der Waals surface area contributed by atoms with Crippen LogP contribution in [0.4, 0.5) is 10.1 Å². The Hall–Kier alpha value is -2.47. The zero-order valence-electron chi connectivity index (χ0n) is 14.1. The first-order chi connectivity index (χ1) is 12.5. The summed E-state index contributed by atoms with van der Waals surface area (Å²) in [4.78, 5) is 28.8. The second-order valence-corrected chi connectivity index (χ2v) is 6.73. The summed E-state index contributed by atoms with van der Waals surface area (Å²) in [5.74, 6) is -1.27. The molecule has 2 amide bonds. The van der Waals surface area contributed by atoms with Crippen LogP contribution in [0.1, 0.15) is 53.0 Å². The SMILES string of the molecule is O=C(Nc1ccc(F)c(Cl)c1)c1ccnc(C(=O)NC2CCCCC2)c1. The van der Waals surface area contributed by atoms with Gasteiger partial charge in [-0.1, -0.05) is 30.9 Å². The number of aromatic nitrogens is 1. The van der Waals surface area contributed by atoms with E-state index >= 15 is 0 Å². The highest BCUT2D eigenvalue weighted by Gasteiger charge is 2.18. The maximum absolute atomic E-state index is 13.2. The molecule has 1 aromatic heterocycles. The Labute approximate surface area is 156 Å². The summed E-state index contributed by atoms with van der Waals surface area (Å²) < 4.78 is 13.2. The van der Waals surface area contributed by atoms with Crippen molar-refractivity contribution in [3.8, 4) is 0 Å². The molecule has 1 aliphatic carbocycles. The average molecular weight is 376 g/mol. The maximum Gasteiger partial charge on any atom is 0.270 e. The van der Waals surface area contributed by atoms with E-state index in [0.717, 1.165) is 25.7 Å². The van der Waals surface area contributed by atoms with E-state index in [2.05, 4.69) is 15.6 Å². The van der Waals surface area contributed by atoms with Crippen molar-refractivity contribution in [2.45, 2.75) is 38.1 Å². The maximum atomic E-state index is 13.2. The highest BCUT2D eigenvalue weighted by molar-refractivity contribution is 6.31. The monoisotopic (exact) mass is 375 g/mol. The molecule has 0 radical (unpaired) electrons. The highest BCUT2D eigenvalue weighted by Crippen LogP contribution is 2.20. The lowest BCUT2D eigenvalue weighted by Crippen LogP contribution is -2.36. The Morgan fingerprint density at radius 2 is 1.85 bits per heavy atom. The number of benzene rings is 1. The van der Waals surface area contributed by atoms with Crippen molar-refractivity contribution >= 4 is 29.1 Å². The molecule has 0 unspecified atom stereocenters. The third-order valence-corrected chi connectivity index (χ3v) is 4.66. The fourth-order valence-corrected chi connectivity index (χ4v) is 3.16. The number of hydrogen-bond donors (Lipinski definition) is 2. The second-order valence-electron chi connectivity index (χ2n) is 6.32. The third kappa shape index (κ3) is 4.58. The lowest BCUT2D eigenvalue weighted by molar-refractivity contribution is 0.0922. The van der Waals surface area contributed by atoms with Crippen LogP contribution in [0, 0.1) is 5.82 Å².